The van der Waals surface area contributed by atoms with Crippen LogP contribution in [-0.4, -0.2) is 23.5 Å². The van der Waals surface area contributed by atoms with Gasteiger partial charge in [0.2, 0.25) is 0 Å². The topological polar surface area (TPSA) is 20.3 Å². The summed E-state index contributed by atoms with van der Waals surface area (Å²) in [5.74, 6) is -3.88. The van der Waals surface area contributed by atoms with Crippen molar-refractivity contribution >= 4 is 5.91 Å². The number of rotatable bonds is 2. The Morgan fingerprint density at radius 1 is 1.20 bits per heavy atom. The van der Waals surface area contributed by atoms with Crippen molar-refractivity contribution in [3.05, 3.63) is 34.9 Å². The van der Waals surface area contributed by atoms with Crippen LogP contribution in [0, 0.1) is 0 Å². The van der Waals surface area contributed by atoms with E-state index in [4.69, 9.17) is 0 Å². The highest BCUT2D eigenvalue weighted by atomic mass is 19.4. The second-order valence-corrected chi connectivity index (χ2v) is 4.91. The number of nitrogens with zero attached hydrogens (tertiary/aromatic N) is 1. The third-order valence-corrected chi connectivity index (χ3v) is 3.32. The van der Waals surface area contributed by atoms with Crippen molar-refractivity contribution in [3.63, 3.8) is 0 Å². The van der Waals surface area contributed by atoms with Crippen LogP contribution in [0.4, 0.5) is 22.0 Å². The van der Waals surface area contributed by atoms with Crippen molar-refractivity contribution in [2.45, 2.75) is 32.0 Å². The number of hydrogen-bond acceptors (Lipinski definition) is 1. The standard InChI is InChI=1S/C13H12F5NO/c1-7-10-5-8(12(2,14)15)3-4-9(10)11(20)19(7)6-13(16,17)18/h3-5,7H,6H2,1-2H3. The maximum absolute atomic E-state index is 13.2. The van der Waals surface area contributed by atoms with Gasteiger partial charge in [0.25, 0.3) is 11.8 Å². The summed E-state index contributed by atoms with van der Waals surface area (Å²) in [7, 11) is 0. The van der Waals surface area contributed by atoms with Gasteiger partial charge in [0, 0.05) is 18.1 Å². The van der Waals surface area contributed by atoms with E-state index in [9.17, 15) is 26.7 Å². The molecule has 7 heteroatoms. The smallest absolute Gasteiger partial charge is 0.323 e. The lowest BCUT2D eigenvalue weighted by Gasteiger charge is -2.23. The summed E-state index contributed by atoms with van der Waals surface area (Å²) in [5.41, 5.74) is -0.0576. The number of carbonyl (C=O) groups excluding carboxylic acids is 1. The Morgan fingerprint density at radius 2 is 1.80 bits per heavy atom. The fourth-order valence-electron chi connectivity index (χ4n) is 2.28. The molecule has 1 unspecified atom stereocenters. The highest BCUT2D eigenvalue weighted by Gasteiger charge is 2.42. The van der Waals surface area contributed by atoms with Crippen LogP contribution in [0.25, 0.3) is 0 Å². The highest BCUT2D eigenvalue weighted by molar-refractivity contribution is 5.99. The van der Waals surface area contributed by atoms with E-state index in [0.29, 0.717) is 11.8 Å². The molecule has 1 amide bonds. The van der Waals surface area contributed by atoms with E-state index in [1.54, 1.807) is 0 Å². The van der Waals surface area contributed by atoms with Gasteiger partial charge in [-0.2, -0.15) is 13.2 Å². The predicted octanol–water partition coefficient (Wildman–Crippen LogP) is 3.88. The van der Waals surface area contributed by atoms with Crippen LogP contribution < -0.4 is 0 Å². The number of amides is 1. The van der Waals surface area contributed by atoms with Crippen molar-refractivity contribution in [1.82, 2.24) is 4.90 Å². The lowest BCUT2D eigenvalue weighted by atomic mass is 9.99. The van der Waals surface area contributed by atoms with Gasteiger partial charge in [-0.25, -0.2) is 8.78 Å². The van der Waals surface area contributed by atoms with E-state index in [1.165, 1.54) is 6.92 Å². The number of hydrogen-bond donors (Lipinski definition) is 0. The molecule has 0 N–H and O–H groups in total. The van der Waals surface area contributed by atoms with Crippen LogP contribution in [0.1, 0.15) is 41.4 Å². The predicted molar refractivity (Wildman–Crippen MR) is 61.5 cm³/mol. The van der Waals surface area contributed by atoms with Crippen LogP contribution in [0.5, 0.6) is 0 Å². The van der Waals surface area contributed by atoms with Crippen molar-refractivity contribution in [3.8, 4) is 0 Å². The monoisotopic (exact) mass is 293 g/mol. The summed E-state index contributed by atoms with van der Waals surface area (Å²) in [6, 6.07) is 2.47. The molecule has 1 atom stereocenters. The zero-order chi connectivity index (χ0) is 15.3. The van der Waals surface area contributed by atoms with Gasteiger partial charge in [0.1, 0.15) is 6.54 Å². The average Bonchev–Trinajstić information content (AvgIpc) is 2.51. The molecular formula is C13H12F5NO. The molecule has 1 aromatic rings. The zero-order valence-corrected chi connectivity index (χ0v) is 10.8. The molecule has 0 saturated carbocycles. The van der Waals surface area contributed by atoms with Gasteiger partial charge in [-0.1, -0.05) is 6.07 Å². The Kier molecular flexibility index (Phi) is 3.26. The number of halogens is 5. The summed E-state index contributed by atoms with van der Waals surface area (Å²) >= 11 is 0. The first-order valence-corrected chi connectivity index (χ1v) is 5.90. The third-order valence-electron chi connectivity index (χ3n) is 3.32. The van der Waals surface area contributed by atoms with Crippen LogP contribution in [0.15, 0.2) is 18.2 Å². The van der Waals surface area contributed by atoms with Gasteiger partial charge < -0.3 is 4.90 Å². The van der Waals surface area contributed by atoms with Gasteiger partial charge in [-0.15, -0.1) is 0 Å². The quantitative estimate of drug-likeness (QED) is 0.758. The van der Waals surface area contributed by atoms with E-state index in [-0.39, 0.29) is 16.7 Å². The number of benzene rings is 1. The molecule has 110 valence electrons. The Bertz CT molecular complexity index is 547. The fraction of sp³-hybridized carbons (Fsp3) is 0.462. The Labute approximate surface area is 112 Å². The highest BCUT2D eigenvalue weighted by Crippen LogP contribution is 2.38. The van der Waals surface area contributed by atoms with Crippen LogP contribution in [-0.2, 0) is 5.92 Å². The summed E-state index contributed by atoms with van der Waals surface area (Å²) in [5, 5.41) is 0. The molecule has 0 bridgehead atoms. The zero-order valence-electron chi connectivity index (χ0n) is 10.8. The van der Waals surface area contributed by atoms with E-state index in [1.807, 2.05) is 0 Å². The second kappa shape index (κ2) is 4.43. The molecule has 0 fully saturated rings. The second-order valence-electron chi connectivity index (χ2n) is 4.91. The van der Waals surface area contributed by atoms with Crippen molar-refractivity contribution < 1.29 is 26.7 Å². The Morgan fingerprint density at radius 3 is 2.30 bits per heavy atom. The van der Waals surface area contributed by atoms with Crippen LogP contribution in [0.2, 0.25) is 0 Å². The minimum Gasteiger partial charge on any atom is -0.323 e. The maximum atomic E-state index is 13.2. The summed E-state index contributed by atoms with van der Waals surface area (Å²) < 4.78 is 63.8. The largest absolute Gasteiger partial charge is 0.406 e. The number of fused-ring (bicyclic) bond motifs is 1. The third kappa shape index (κ3) is 2.62. The molecule has 0 radical (unpaired) electrons. The first-order chi connectivity index (χ1) is 9.00. The molecule has 0 aliphatic carbocycles. The molecule has 0 spiro atoms. The van der Waals surface area contributed by atoms with Crippen molar-refractivity contribution in [2.75, 3.05) is 6.54 Å². The minimum atomic E-state index is -4.52. The van der Waals surface area contributed by atoms with Crippen LogP contribution in [0.3, 0.4) is 0 Å². The SMILES string of the molecule is CC1c2cc(C(C)(F)F)ccc2C(=O)N1CC(F)(F)F. The van der Waals surface area contributed by atoms with E-state index < -0.39 is 30.6 Å². The van der Waals surface area contributed by atoms with E-state index in [2.05, 4.69) is 0 Å². The van der Waals surface area contributed by atoms with Crippen LogP contribution >= 0.6 is 0 Å². The summed E-state index contributed by atoms with van der Waals surface area (Å²) in [6.07, 6.45) is -4.52. The number of carbonyl (C=O) groups is 1. The minimum absolute atomic E-state index is 0.0507. The molecule has 0 saturated heterocycles. The van der Waals surface area contributed by atoms with Gasteiger partial charge in [-0.05, 0) is 24.6 Å². The molecular weight excluding hydrogens is 281 g/mol. The average molecular weight is 293 g/mol. The Hall–Kier alpha value is -1.66. The Balaban J connectivity index is 2.39. The molecule has 20 heavy (non-hydrogen) atoms. The van der Waals surface area contributed by atoms with Gasteiger partial charge >= 0.3 is 6.18 Å². The van der Waals surface area contributed by atoms with Gasteiger partial charge in [-0.3, -0.25) is 4.79 Å². The molecule has 2 nitrogen and oxygen atoms in total. The lowest BCUT2D eigenvalue weighted by Crippen LogP contribution is -2.36. The lowest BCUT2D eigenvalue weighted by molar-refractivity contribution is -0.143. The van der Waals surface area contributed by atoms with Crippen molar-refractivity contribution in [1.29, 1.82) is 0 Å². The molecule has 1 aromatic carbocycles. The summed E-state index contributed by atoms with van der Waals surface area (Å²) in [4.78, 5) is 12.5. The van der Waals surface area contributed by atoms with E-state index in [0.717, 1.165) is 18.2 Å². The van der Waals surface area contributed by atoms with E-state index >= 15 is 0 Å². The molecule has 2 rings (SSSR count). The molecule has 1 aliphatic heterocycles. The van der Waals surface area contributed by atoms with Gasteiger partial charge in [0.05, 0.1) is 6.04 Å². The first-order valence-electron chi connectivity index (χ1n) is 5.90. The normalized spacial score (nSPS) is 19.4. The molecule has 0 aromatic heterocycles. The summed E-state index contributed by atoms with van der Waals surface area (Å²) in [6.45, 7) is 0.705. The molecule has 1 aliphatic rings. The number of alkyl halides is 5. The van der Waals surface area contributed by atoms with Crippen molar-refractivity contribution in [2.24, 2.45) is 0 Å². The first kappa shape index (κ1) is 14.7. The van der Waals surface area contributed by atoms with Gasteiger partial charge in [0.15, 0.2) is 0 Å². The molecule has 1 heterocycles. The fourth-order valence-corrected chi connectivity index (χ4v) is 2.28. The maximum Gasteiger partial charge on any atom is 0.406 e.